The lowest BCUT2D eigenvalue weighted by molar-refractivity contribution is 0.289. The van der Waals surface area contributed by atoms with Gasteiger partial charge in [-0.2, -0.15) is 12.8 Å². The van der Waals surface area contributed by atoms with Crippen molar-refractivity contribution < 1.29 is 13.2 Å². The van der Waals surface area contributed by atoms with Gasteiger partial charge in [0, 0.05) is 16.1 Å². The number of allylic oxidation sites excluding steroid dienone is 1. The molecule has 0 fully saturated rings. The van der Waals surface area contributed by atoms with Crippen molar-refractivity contribution in [1.29, 1.82) is 0 Å². The number of methoxy groups -OCH3 is 1. The van der Waals surface area contributed by atoms with Gasteiger partial charge < -0.3 is 4.74 Å². The third-order valence-electron chi connectivity index (χ3n) is 3.10. The van der Waals surface area contributed by atoms with Crippen LogP contribution in [0, 0.1) is 0 Å². The highest BCUT2D eigenvalue weighted by molar-refractivity contribution is 9.10. The first-order valence-electron chi connectivity index (χ1n) is 6.54. The molecular weight excluding hydrogens is 384 g/mol. The van der Waals surface area contributed by atoms with Crippen LogP contribution in [0.5, 0.6) is 0 Å². The number of rotatable bonds is 4. The predicted octanol–water partition coefficient (Wildman–Crippen LogP) is 2.48. The summed E-state index contributed by atoms with van der Waals surface area (Å²) in [5.74, 6) is 0.412. The summed E-state index contributed by atoms with van der Waals surface area (Å²) in [4.78, 5) is 4.27. The van der Waals surface area contributed by atoms with Crippen LogP contribution in [0.2, 0.25) is 0 Å². The smallest absolute Gasteiger partial charge is 0.341 e. The second kappa shape index (κ2) is 6.09. The van der Waals surface area contributed by atoms with Crippen LogP contribution in [0.1, 0.15) is 0 Å². The Morgan fingerprint density at radius 2 is 2.22 bits per heavy atom. The molecule has 0 aliphatic carbocycles. The van der Waals surface area contributed by atoms with Gasteiger partial charge in [0.25, 0.3) is 0 Å². The Morgan fingerprint density at radius 1 is 1.39 bits per heavy atom. The van der Waals surface area contributed by atoms with Gasteiger partial charge in [-0.15, -0.1) is 0 Å². The van der Waals surface area contributed by atoms with Crippen LogP contribution in [0.25, 0.3) is 10.9 Å². The van der Waals surface area contributed by atoms with Gasteiger partial charge >= 0.3 is 10.2 Å². The Bertz CT molecular complexity index is 911. The van der Waals surface area contributed by atoms with Crippen molar-refractivity contribution in [3.8, 4) is 0 Å². The van der Waals surface area contributed by atoms with Gasteiger partial charge in [0.1, 0.15) is 5.76 Å². The molecule has 1 aromatic heterocycles. The van der Waals surface area contributed by atoms with Gasteiger partial charge in [-0.05, 0) is 34.1 Å². The molecule has 0 saturated heterocycles. The number of nitrogens with one attached hydrogen (secondary N) is 2. The van der Waals surface area contributed by atoms with Crippen molar-refractivity contribution in [1.82, 2.24) is 14.8 Å². The van der Waals surface area contributed by atoms with Crippen molar-refractivity contribution >= 4 is 42.7 Å². The zero-order chi connectivity index (χ0) is 16.4. The molecule has 1 aliphatic heterocycles. The minimum absolute atomic E-state index is 0.360. The quantitative estimate of drug-likeness (QED) is 0.828. The van der Waals surface area contributed by atoms with Crippen molar-refractivity contribution in [3.63, 3.8) is 0 Å². The minimum atomic E-state index is -3.85. The van der Waals surface area contributed by atoms with Crippen molar-refractivity contribution in [2.75, 3.05) is 11.8 Å². The number of aromatic nitrogens is 1. The maximum Gasteiger partial charge on any atom is 0.341 e. The number of anilines is 1. The summed E-state index contributed by atoms with van der Waals surface area (Å²) in [5.41, 5.74) is 3.73. The van der Waals surface area contributed by atoms with Crippen LogP contribution in [-0.2, 0) is 14.9 Å². The molecule has 0 amide bonds. The number of pyridine rings is 1. The number of fused-ring (bicyclic) bond motifs is 1. The fourth-order valence-corrected chi connectivity index (χ4v) is 3.46. The van der Waals surface area contributed by atoms with Crippen LogP contribution in [0.3, 0.4) is 0 Å². The van der Waals surface area contributed by atoms with E-state index in [2.05, 4.69) is 31.1 Å². The summed E-state index contributed by atoms with van der Waals surface area (Å²) < 4.78 is 34.1. The molecule has 0 radical (unpaired) electrons. The van der Waals surface area contributed by atoms with E-state index in [1.54, 1.807) is 12.1 Å². The average Bonchev–Trinajstić information content (AvgIpc) is 2.54. The second-order valence-electron chi connectivity index (χ2n) is 4.64. The highest BCUT2D eigenvalue weighted by Crippen LogP contribution is 2.24. The van der Waals surface area contributed by atoms with Crippen LogP contribution in [-0.4, -0.2) is 24.9 Å². The molecule has 9 heteroatoms. The van der Waals surface area contributed by atoms with Gasteiger partial charge in [-0.25, -0.2) is 0 Å². The largest absolute Gasteiger partial charge is 0.495 e. The van der Waals surface area contributed by atoms with Crippen molar-refractivity contribution in [2.24, 2.45) is 0 Å². The summed E-state index contributed by atoms with van der Waals surface area (Å²) in [6.07, 6.45) is 5.87. The molecule has 0 spiro atoms. The molecule has 2 heterocycles. The molecule has 2 aromatic rings. The van der Waals surface area contributed by atoms with Crippen molar-refractivity contribution in [3.05, 3.63) is 59.2 Å². The molecule has 120 valence electrons. The number of ether oxygens (including phenoxy) is 1. The number of nitrogens with zero attached hydrogens (tertiary/aromatic N) is 2. The van der Waals surface area contributed by atoms with Gasteiger partial charge in [-0.1, -0.05) is 12.1 Å². The van der Waals surface area contributed by atoms with E-state index >= 15 is 0 Å². The molecule has 23 heavy (non-hydrogen) atoms. The molecule has 2 N–H and O–H groups in total. The van der Waals surface area contributed by atoms with Crippen LogP contribution in [0.15, 0.2) is 59.2 Å². The Morgan fingerprint density at radius 3 is 3.00 bits per heavy atom. The highest BCUT2D eigenvalue weighted by Gasteiger charge is 2.21. The minimum Gasteiger partial charge on any atom is -0.495 e. The van der Waals surface area contributed by atoms with Gasteiger partial charge in [0.15, 0.2) is 0 Å². The molecule has 1 aliphatic rings. The Balaban J connectivity index is 1.89. The van der Waals surface area contributed by atoms with E-state index in [1.165, 1.54) is 25.7 Å². The van der Waals surface area contributed by atoms with E-state index in [4.69, 9.17) is 4.74 Å². The predicted molar refractivity (Wildman–Crippen MR) is 91.2 cm³/mol. The first-order valence-corrected chi connectivity index (χ1v) is 8.78. The first-order chi connectivity index (χ1) is 11.0. The van der Waals surface area contributed by atoms with E-state index in [1.807, 2.05) is 18.2 Å². The molecule has 1 aromatic carbocycles. The molecule has 3 rings (SSSR count). The van der Waals surface area contributed by atoms with Crippen LogP contribution >= 0.6 is 15.9 Å². The number of hydrazine groups is 1. The Kier molecular flexibility index (Phi) is 4.14. The van der Waals surface area contributed by atoms with E-state index in [9.17, 15) is 8.42 Å². The number of hydrogen-bond acceptors (Lipinski definition) is 5. The lowest BCUT2D eigenvalue weighted by Crippen LogP contribution is -2.40. The van der Waals surface area contributed by atoms with Gasteiger partial charge in [0.2, 0.25) is 0 Å². The van der Waals surface area contributed by atoms with E-state index in [-0.39, 0.29) is 0 Å². The molecule has 0 bridgehead atoms. The second-order valence-corrected chi connectivity index (χ2v) is 7.04. The fourth-order valence-electron chi connectivity index (χ4n) is 2.03. The summed E-state index contributed by atoms with van der Waals surface area (Å²) in [6.45, 7) is 0. The molecular formula is C14H13BrN4O3S. The van der Waals surface area contributed by atoms with Crippen LogP contribution in [0.4, 0.5) is 5.69 Å². The van der Waals surface area contributed by atoms with E-state index in [0.29, 0.717) is 11.4 Å². The van der Waals surface area contributed by atoms with Gasteiger partial charge in [-0.3, -0.25) is 15.1 Å². The zero-order valence-corrected chi connectivity index (χ0v) is 14.4. The molecule has 0 atom stereocenters. The zero-order valence-electron chi connectivity index (χ0n) is 12.0. The maximum absolute atomic E-state index is 12.4. The summed E-state index contributed by atoms with van der Waals surface area (Å²) in [7, 11) is -2.38. The highest BCUT2D eigenvalue weighted by atomic mass is 79.9. The molecule has 0 saturated carbocycles. The van der Waals surface area contributed by atoms with Gasteiger partial charge in [0.05, 0.1) is 30.7 Å². The lowest BCUT2D eigenvalue weighted by atomic mass is 10.2. The SMILES string of the molecule is COC1=CN(S(=O)(=O)Nc2cnc3c(Br)cccc3c2)NC=C1. The number of benzene rings is 1. The standard InChI is InChI=1S/C14H13BrN4O3S/c1-22-12-5-6-17-19(9-12)23(20,21)18-11-7-10-3-2-4-13(15)14(10)16-8-11/h2-9,17-18H,1H3. The topological polar surface area (TPSA) is 83.6 Å². The van der Waals surface area contributed by atoms with E-state index in [0.717, 1.165) is 19.8 Å². The summed E-state index contributed by atoms with van der Waals surface area (Å²) in [6, 6.07) is 7.30. The molecule has 7 nitrogen and oxygen atoms in total. The molecule has 0 unspecified atom stereocenters. The van der Waals surface area contributed by atoms with Crippen LogP contribution < -0.4 is 10.1 Å². The lowest BCUT2D eigenvalue weighted by Gasteiger charge is -2.23. The van der Waals surface area contributed by atoms with E-state index < -0.39 is 10.2 Å². The number of para-hydroxylation sites is 1. The Labute approximate surface area is 141 Å². The van der Waals surface area contributed by atoms with Crippen molar-refractivity contribution in [2.45, 2.75) is 0 Å². The Hall–Kier alpha value is -2.26. The summed E-state index contributed by atoms with van der Waals surface area (Å²) >= 11 is 3.41. The third-order valence-corrected chi connectivity index (χ3v) is 4.96. The summed E-state index contributed by atoms with van der Waals surface area (Å²) in [5, 5.41) is 0.819. The number of hydrogen-bond donors (Lipinski definition) is 2. The monoisotopic (exact) mass is 396 g/mol. The third kappa shape index (κ3) is 3.25. The normalized spacial score (nSPS) is 14.3. The fraction of sp³-hybridized carbons (Fsp3) is 0.0714. The number of halogens is 1. The average molecular weight is 397 g/mol. The maximum atomic E-state index is 12.4. The first kappa shape index (κ1) is 15.6.